The van der Waals surface area contributed by atoms with Crippen LogP contribution in [0.5, 0.6) is 0 Å². The third-order valence-electron chi connectivity index (χ3n) is 4.76. The van der Waals surface area contributed by atoms with Gasteiger partial charge in [0.05, 0.1) is 11.4 Å². The maximum absolute atomic E-state index is 13.2. The fourth-order valence-corrected chi connectivity index (χ4v) is 4.00. The topological polar surface area (TPSA) is 113 Å². The second kappa shape index (κ2) is 7.88. The Morgan fingerprint density at radius 3 is 2.45 bits per heavy atom. The number of hydrogen-bond acceptors (Lipinski definition) is 6. The van der Waals surface area contributed by atoms with Gasteiger partial charge in [0.15, 0.2) is 22.9 Å². The van der Waals surface area contributed by atoms with Crippen LogP contribution in [0.3, 0.4) is 0 Å². The van der Waals surface area contributed by atoms with Gasteiger partial charge in [0.2, 0.25) is 0 Å². The summed E-state index contributed by atoms with van der Waals surface area (Å²) >= 11 is 1.38. The van der Waals surface area contributed by atoms with Crippen LogP contribution in [0.1, 0.15) is 40.7 Å². The molecule has 0 spiro atoms. The molecule has 4 aromatic rings. The molecule has 1 amide bonds. The molecule has 0 bridgehead atoms. The number of hydrogen-bond donors (Lipinski definition) is 1. The second-order valence-corrected chi connectivity index (χ2v) is 8.12. The Hall–Kier alpha value is -3.66. The van der Waals surface area contributed by atoms with Gasteiger partial charge in [0.1, 0.15) is 11.3 Å². The maximum Gasteiger partial charge on any atom is 0.331 e. The Morgan fingerprint density at radius 1 is 1.16 bits per heavy atom. The Bertz CT molecular complexity index is 1350. The van der Waals surface area contributed by atoms with Crippen molar-refractivity contribution in [1.29, 1.82) is 0 Å². The van der Waals surface area contributed by atoms with Crippen LogP contribution >= 0.6 is 11.3 Å². The molecule has 0 saturated heterocycles. The third-order valence-corrected chi connectivity index (χ3v) is 5.63. The predicted molar refractivity (Wildman–Crippen MR) is 115 cm³/mol. The van der Waals surface area contributed by atoms with Crippen LogP contribution in [0, 0.1) is 5.82 Å². The van der Waals surface area contributed by atoms with E-state index < -0.39 is 23.2 Å². The third kappa shape index (κ3) is 3.66. The van der Waals surface area contributed by atoms with Gasteiger partial charge in [-0.1, -0.05) is 6.07 Å². The first-order chi connectivity index (χ1) is 14.8. The molecule has 0 atom stereocenters. The summed E-state index contributed by atoms with van der Waals surface area (Å²) in [6, 6.07) is 8.32. The lowest BCUT2D eigenvalue weighted by atomic mass is 10.1. The molecule has 0 aliphatic heterocycles. The number of benzene rings is 1. The molecule has 2 N–H and O–H groups in total. The molecular weight excluding hydrogens is 421 g/mol. The zero-order chi connectivity index (χ0) is 22.3. The number of rotatable bonds is 6. The molecule has 3 heterocycles. The van der Waals surface area contributed by atoms with Crippen LogP contribution in [0.15, 0.2) is 46.6 Å². The predicted octanol–water partition coefficient (Wildman–Crippen LogP) is 3.02. The van der Waals surface area contributed by atoms with E-state index in [1.165, 1.54) is 40.2 Å². The number of carbonyl (C=O) groups is 2. The van der Waals surface area contributed by atoms with Crippen molar-refractivity contribution < 1.29 is 14.0 Å². The standard InChI is InChI=1S/C21H18FN5O3S/c1-11(2)27-20-17(16(18(23)29)24-19(25-20)15-4-3-9-31-15)26(21(27)30)10-14(28)12-5-7-13(22)8-6-12/h3-9,11H,10H2,1-2H3,(H2,23,29). The zero-order valence-corrected chi connectivity index (χ0v) is 17.5. The van der Waals surface area contributed by atoms with Gasteiger partial charge in [-0.05, 0) is 49.6 Å². The van der Waals surface area contributed by atoms with E-state index in [9.17, 15) is 18.8 Å². The van der Waals surface area contributed by atoms with E-state index in [-0.39, 0.29) is 40.8 Å². The molecule has 4 rings (SSSR count). The largest absolute Gasteiger partial charge is 0.364 e. The molecule has 0 aliphatic carbocycles. The smallest absolute Gasteiger partial charge is 0.331 e. The molecular formula is C21H18FN5O3S. The molecule has 1 aromatic carbocycles. The van der Waals surface area contributed by atoms with Crippen molar-refractivity contribution in [2.75, 3.05) is 0 Å². The van der Waals surface area contributed by atoms with Crippen molar-refractivity contribution in [1.82, 2.24) is 19.1 Å². The number of carbonyl (C=O) groups excluding carboxylic acids is 2. The summed E-state index contributed by atoms with van der Waals surface area (Å²) in [5.74, 6) is -1.47. The average molecular weight is 439 g/mol. The van der Waals surface area contributed by atoms with E-state index in [2.05, 4.69) is 9.97 Å². The number of fused-ring (bicyclic) bond motifs is 1. The van der Waals surface area contributed by atoms with E-state index in [4.69, 9.17) is 5.73 Å². The van der Waals surface area contributed by atoms with Crippen LogP contribution < -0.4 is 11.4 Å². The number of imidazole rings is 1. The first-order valence-corrected chi connectivity index (χ1v) is 10.3. The van der Waals surface area contributed by atoms with Crippen LogP contribution in [-0.2, 0) is 6.54 Å². The average Bonchev–Trinajstić information content (AvgIpc) is 3.35. The lowest BCUT2D eigenvalue weighted by Gasteiger charge is -2.08. The molecule has 8 nitrogen and oxygen atoms in total. The number of ketones is 1. The number of amides is 1. The Labute approximate surface area is 179 Å². The number of primary amides is 1. The SMILES string of the molecule is CC(C)n1c(=O)n(CC(=O)c2ccc(F)cc2)c2c(C(N)=O)nc(-c3cccs3)nc21. The summed E-state index contributed by atoms with van der Waals surface area (Å²) in [6.07, 6.45) is 0. The summed E-state index contributed by atoms with van der Waals surface area (Å²) in [5, 5.41) is 1.84. The number of Topliss-reactive ketones (excluding diaryl/α,β-unsaturated/α-hetero) is 1. The highest BCUT2D eigenvalue weighted by molar-refractivity contribution is 7.13. The van der Waals surface area contributed by atoms with Crippen LogP contribution in [0.25, 0.3) is 21.9 Å². The van der Waals surface area contributed by atoms with Gasteiger partial charge in [-0.3, -0.25) is 18.7 Å². The van der Waals surface area contributed by atoms with Gasteiger partial charge in [0, 0.05) is 11.6 Å². The highest BCUT2D eigenvalue weighted by Crippen LogP contribution is 2.26. The molecule has 158 valence electrons. The monoisotopic (exact) mass is 439 g/mol. The molecule has 0 radical (unpaired) electrons. The normalized spacial score (nSPS) is 11.4. The molecule has 0 aliphatic rings. The fourth-order valence-electron chi connectivity index (χ4n) is 3.35. The first kappa shape index (κ1) is 20.6. The van der Waals surface area contributed by atoms with E-state index in [0.717, 1.165) is 4.57 Å². The molecule has 0 unspecified atom stereocenters. The maximum atomic E-state index is 13.2. The van der Waals surface area contributed by atoms with Crippen molar-refractivity contribution >= 4 is 34.2 Å². The highest BCUT2D eigenvalue weighted by atomic mass is 32.1. The minimum absolute atomic E-state index is 0.0990. The van der Waals surface area contributed by atoms with Gasteiger partial charge in [-0.25, -0.2) is 19.2 Å². The minimum atomic E-state index is -0.839. The van der Waals surface area contributed by atoms with E-state index in [1.54, 1.807) is 19.9 Å². The quantitative estimate of drug-likeness (QED) is 0.464. The van der Waals surface area contributed by atoms with Crippen LogP contribution in [0.2, 0.25) is 0 Å². The van der Waals surface area contributed by atoms with E-state index in [1.807, 2.05) is 11.4 Å². The molecule has 0 fully saturated rings. The van der Waals surface area contributed by atoms with Crippen molar-refractivity contribution in [2.24, 2.45) is 5.73 Å². The summed E-state index contributed by atoms with van der Waals surface area (Å²) in [7, 11) is 0. The number of thiophene rings is 1. The number of aromatic nitrogens is 4. The second-order valence-electron chi connectivity index (χ2n) is 7.17. The van der Waals surface area contributed by atoms with Crippen molar-refractivity contribution in [3.05, 3.63) is 69.3 Å². The Morgan fingerprint density at radius 2 is 1.87 bits per heavy atom. The van der Waals surface area contributed by atoms with Gasteiger partial charge < -0.3 is 5.73 Å². The highest BCUT2D eigenvalue weighted by Gasteiger charge is 2.26. The van der Waals surface area contributed by atoms with Crippen molar-refractivity contribution in [3.63, 3.8) is 0 Å². The van der Waals surface area contributed by atoms with Gasteiger partial charge in [0.25, 0.3) is 5.91 Å². The molecule has 10 heteroatoms. The minimum Gasteiger partial charge on any atom is -0.364 e. The van der Waals surface area contributed by atoms with Crippen molar-refractivity contribution in [3.8, 4) is 10.7 Å². The molecule has 0 saturated carbocycles. The van der Waals surface area contributed by atoms with E-state index >= 15 is 0 Å². The number of nitrogens with two attached hydrogens (primary N) is 1. The lowest BCUT2D eigenvalue weighted by molar-refractivity contribution is 0.0966. The van der Waals surface area contributed by atoms with Gasteiger partial charge >= 0.3 is 5.69 Å². The van der Waals surface area contributed by atoms with Gasteiger partial charge in [-0.2, -0.15) is 0 Å². The van der Waals surface area contributed by atoms with Gasteiger partial charge in [-0.15, -0.1) is 11.3 Å². The summed E-state index contributed by atoms with van der Waals surface area (Å²) in [5.41, 5.74) is 5.49. The number of halogens is 1. The molecule has 31 heavy (non-hydrogen) atoms. The van der Waals surface area contributed by atoms with Crippen LogP contribution in [-0.4, -0.2) is 30.8 Å². The van der Waals surface area contributed by atoms with Crippen molar-refractivity contribution in [2.45, 2.75) is 26.4 Å². The Kier molecular flexibility index (Phi) is 5.24. The fraction of sp³-hybridized carbons (Fsp3) is 0.190. The first-order valence-electron chi connectivity index (χ1n) is 9.43. The lowest BCUT2D eigenvalue weighted by Crippen LogP contribution is -2.28. The van der Waals surface area contributed by atoms with Crippen LogP contribution in [0.4, 0.5) is 4.39 Å². The summed E-state index contributed by atoms with van der Waals surface area (Å²) in [6.45, 7) is 3.22. The summed E-state index contributed by atoms with van der Waals surface area (Å²) in [4.78, 5) is 47.8. The molecule has 3 aromatic heterocycles. The number of nitrogens with zero attached hydrogens (tertiary/aromatic N) is 4. The zero-order valence-electron chi connectivity index (χ0n) is 16.7. The van der Waals surface area contributed by atoms with E-state index in [0.29, 0.717) is 4.88 Å². The summed E-state index contributed by atoms with van der Waals surface area (Å²) < 4.78 is 15.8. The Balaban J connectivity index is 1.96.